The van der Waals surface area contributed by atoms with Crippen molar-refractivity contribution in [3.8, 4) is 0 Å². The lowest BCUT2D eigenvalue weighted by Crippen LogP contribution is -2.58. The maximum Gasteiger partial charge on any atom is 0.0163 e. The summed E-state index contributed by atoms with van der Waals surface area (Å²) in [5.74, 6) is 0. The molecule has 0 unspecified atom stereocenters. The number of unbranched alkanes of at least 4 members (excludes halogenated alkanes) is 9. The summed E-state index contributed by atoms with van der Waals surface area (Å²) in [5.41, 5.74) is 1.17. The van der Waals surface area contributed by atoms with E-state index in [1.54, 1.807) is 0 Å². The zero-order valence-electron chi connectivity index (χ0n) is 22.6. The zero-order chi connectivity index (χ0) is 22.8. The maximum absolute atomic E-state index is 2.86. The third-order valence-corrected chi connectivity index (χ3v) is 6.12. The smallest absolute Gasteiger partial charge is 0.0163 e. The summed E-state index contributed by atoms with van der Waals surface area (Å²) in [5, 5.41) is 0. The lowest BCUT2D eigenvalue weighted by atomic mass is 9.75. The lowest BCUT2D eigenvalue weighted by Gasteiger charge is -2.52. The van der Waals surface area contributed by atoms with Crippen molar-refractivity contribution >= 4 is 0 Å². The average molecular weight is 410 g/mol. The van der Waals surface area contributed by atoms with E-state index in [0.717, 1.165) is 0 Å². The molecule has 0 saturated heterocycles. The monoisotopic (exact) mass is 409 g/mol. The molecule has 0 aliphatic heterocycles. The van der Waals surface area contributed by atoms with Crippen LogP contribution in [0, 0.1) is 10.8 Å². The summed E-state index contributed by atoms with van der Waals surface area (Å²) in [7, 11) is 0. The number of nitrogens with zero attached hydrogens (tertiary/aromatic N) is 1. The maximum atomic E-state index is 2.86. The highest BCUT2D eigenvalue weighted by atomic mass is 15.2. The molecule has 0 aromatic heterocycles. The van der Waals surface area contributed by atoms with Crippen molar-refractivity contribution in [2.75, 3.05) is 6.54 Å². The van der Waals surface area contributed by atoms with Gasteiger partial charge in [0.1, 0.15) is 0 Å². The third-order valence-electron chi connectivity index (χ3n) is 6.12. The van der Waals surface area contributed by atoms with Gasteiger partial charge in [-0.3, -0.25) is 4.90 Å². The molecular formula is C28H59N. The van der Waals surface area contributed by atoms with E-state index in [4.69, 9.17) is 0 Å². The lowest BCUT2D eigenvalue weighted by molar-refractivity contribution is -0.0266. The van der Waals surface area contributed by atoms with Crippen molar-refractivity contribution in [3.05, 3.63) is 0 Å². The first-order valence-corrected chi connectivity index (χ1v) is 12.9. The van der Waals surface area contributed by atoms with Crippen LogP contribution >= 0.6 is 0 Å². The molecule has 0 atom stereocenters. The van der Waals surface area contributed by atoms with Gasteiger partial charge in [-0.25, -0.2) is 0 Å². The predicted molar refractivity (Wildman–Crippen MR) is 135 cm³/mol. The Morgan fingerprint density at radius 2 is 0.759 bits per heavy atom. The molecule has 0 amide bonds. The van der Waals surface area contributed by atoms with Crippen LogP contribution in [-0.4, -0.2) is 22.5 Å². The Hall–Kier alpha value is -0.0400. The van der Waals surface area contributed by atoms with Crippen LogP contribution in [-0.2, 0) is 0 Å². The summed E-state index contributed by atoms with van der Waals surface area (Å²) in [6.45, 7) is 27.8. The van der Waals surface area contributed by atoms with Gasteiger partial charge in [0.2, 0.25) is 0 Å². The molecule has 0 saturated carbocycles. The highest BCUT2D eigenvalue weighted by Crippen LogP contribution is 2.40. The highest BCUT2D eigenvalue weighted by Gasteiger charge is 2.41. The fourth-order valence-corrected chi connectivity index (χ4v) is 5.97. The summed E-state index contributed by atoms with van der Waals surface area (Å²) in [6, 6.07) is 0. The summed E-state index contributed by atoms with van der Waals surface area (Å²) in [4.78, 5) is 2.86. The molecule has 0 spiro atoms. The molecule has 1 heteroatoms. The van der Waals surface area contributed by atoms with E-state index in [0.29, 0.717) is 10.8 Å². The van der Waals surface area contributed by atoms with Gasteiger partial charge in [0, 0.05) is 11.1 Å². The Morgan fingerprint density at radius 3 is 1.07 bits per heavy atom. The van der Waals surface area contributed by atoms with Crippen LogP contribution in [0.2, 0.25) is 0 Å². The number of hydrogen-bond acceptors (Lipinski definition) is 1. The van der Waals surface area contributed by atoms with Crippen LogP contribution < -0.4 is 0 Å². The molecule has 29 heavy (non-hydrogen) atoms. The van der Waals surface area contributed by atoms with Crippen molar-refractivity contribution < 1.29 is 0 Å². The highest BCUT2D eigenvalue weighted by molar-refractivity contribution is 4.96. The quantitative estimate of drug-likeness (QED) is 0.243. The van der Waals surface area contributed by atoms with E-state index in [2.05, 4.69) is 81.1 Å². The van der Waals surface area contributed by atoms with Crippen molar-refractivity contribution in [2.24, 2.45) is 10.8 Å². The molecule has 0 aliphatic rings. The van der Waals surface area contributed by atoms with Gasteiger partial charge in [0.15, 0.2) is 0 Å². The normalized spacial score (nSPS) is 14.1. The Bertz CT molecular complexity index is 377. The molecule has 0 aliphatic carbocycles. The minimum atomic E-state index is 0.228. The molecule has 0 fully saturated rings. The zero-order valence-corrected chi connectivity index (χ0v) is 22.6. The van der Waals surface area contributed by atoms with E-state index < -0.39 is 0 Å². The first kappa shape index (κ1) is 29.0. The van der Waals surface area contributed by atoms with E-state index >= 15 is 0 Å². The van der Waals surface area contributed by atoms with Gasteiger partial charge in [0.05, 0.1) is 0 Å². The Kier molecular flexibility index (Phi) is 12.7. The largest absolute Gasteiger partial charge is 0.293 e. The van der Waals surface area contributed by atoms with E-state index in [1.807, 2.05) is 0 Å². The second-order valence-electron chi connectivity index (χ2n) is 13.4. The van der Waals surface area contributed by atoms with Crippen molar-refractivity contribution in [1.82, 2.24) is 4.90 Å². The van der Waals surface area contributed by atoms with Gasteiger partial charge in [-0.05, 0) is 64.3 Å². The minimum Gasteiger partial charge on any atom is -0.293 e. The molecular weight excluding hydrogens is 350 g/mol. The topological polar surface area (TPSA) is 3.24 Å². The fourth-order valence-electron chi connectivity index (χ4n) is 5.97. The average Bonchev–Trinajstić information content (AvgIpc) is 2.47. The molecule has 0 aromatic rings. The van der Waals surface area contributed by atoms with Gasteiger partial charge in [-0.15, -0.1) is 0 Å². The third kappa shape index (κ3) is 14.6. The van der Waals surface area contributed by atoms with Gasteiger partial charge >= 0.3 is 0 Å². The number of hydrogen-bond donors (Lipinski definition) is 0. The van der Waals surface area contributed by atoms with Crippen LogP contribution in [0.1, 0.15) is 153 Å². The van der Waals surface area contributed by atoms with Crippen LogP contribution in [0.3, 0.4) is 0 Å². The van der Waals surface area contributed by atoms with Crippen LogP contribution in [0.4, 0.5) is 0 Å². The van der Waals surface area contributed by atoms with Crippen LogP contribution in [0.5, 0.6) is 0 Å². The van der Waals surface area contributed by atoms with Gasteiger partial charge in [-0.2, -0.15) is 0 Å². The fraction of sp³-hybridized carbons (Fsp3) is 1.00. The minimum absolute atomic E-state index is 0.228. The summed E-state index contributed by atoms with van der Waals surface area (Å²) in [6.07, 6.45) is 16.6. The molecule has 0 N–H and O–H groups in total. The van der Waals surface area contributed by atoms with Gasteiger partial charge < -0.3 is 0 Å². The molecule has 0 bridgehead atoms. The summed E-state index contributed by atoms with van der Waals surface area (Å²) >= 11 is 0. The van der Waals surface area contributed by atoms with Crippen molar-refractivity contribution in [1.29, 1.82) is 0 Å². The first-order chi connectivity index (χ1) is 13.1. The predicted octanol–water partition coefficient (Wildman–Crippen LogP) is 9.64. The Labute approximate surface area is 186 Å². The van der Waals surface area contributed by atoms with Crippen molar-refractivity contribution in [3.63, 3.8) is 0 Å². The molecule has 0 radical (unpaired) electrons. The Balaban J connectivity index is 4.69. The standard InChI is InChI=1S/C28H59N/c1-12-13-14-15-16-17-18-19-20-21-22-29(27(8,9)23-25(2,3)4)28(10,11)24-26(5,6)7/h12-24H2,1-11H3. The first-order valence-electron chi connectivity index (χ1n) is 12.9. The van der Waals surface area contributed by atoms with E-state index in [9.17, 15) is 0 Å². The molecule has 176 valence electrons. The van der Waals surface area contributed by atoms with E-state index in [1.165, 1.54) is 83.6 Å². The molecule has 0 rings (SSSR count). The SMILES string of the molecule is CCCCCCCCCCCCN(C(C)(C)CC(C)(C)C)C(C)(C)CC(C)(C)C. The van der Waals surface area contributed by atoms with Gasteiger partial charge in [-0.1, -0.05) is 106 Å². The van der Waals surface area contributed by atoms with Crippen LogP contribution in [0.15, 0.2) is 0 Å². The van der Waals surface area contributed by atoms with Crippen LogP contribution in [0.25, 0.3) is 0 Å². The number of rotatable bonds is 15. The molecule has 1 nitrogen and oxygen atoms in total. The molecule has 0 heterocycles. The second-order valence-corrected chi connectivity index (χ2v) is 13.4. The Morgan fingerprint density at radius 1 is 0.448 bits per heavy atom. The second kappa shape index (κ2) is 12.7. The van der Waals surface area contributed by atoms with Gasteiger partial charge in [0.25, 0.3) is 0 Å². The summed E-state index contributed by atoms with van der Waals surface area (Å²) < 4.78 is 0. The van der Waals surface area contributed by atoms with E-state index in [-0.39, 0.29) is 11.1 Å². The van der Waals surface area contributed by atoms with Crippen molar-refractivity contribution in [2.45, 2.75) is 164 Å². The molecule has 0 aromatic carbocycles.